The molecule has 6 aromatic rings. The Bertz CT molecular complexity index is 3250. The van der Waals surface area contributed by atoms with Crippen LogP contribution in [-0.4, -0.2) is 59.2 Å². The average molecular weight is 917 g/mol. The molecule has 0 amide bonds. The number of nitrogen functional groups attached to an aromatic ring is 2. The lowest BCUT2D eigenvalue weighted by atomic mass is 10.1. The zero-order valence-corrected chi connectivity index (χ0v) is 34.0. The van der Waals surface area contributed by atoms with Crippen LogP contribution in [0.4, 0.5) is 45.5 Å². The van der Waals surface area contributed by atoms with E-state index in [1.165, 1.54) is 49.4 Å². The molecule has 0 saturated carbocycles. The third kappa shape index (κ3) is 9.05. The smallest absolute Gasteiger partial charge is 0.297 e. The van der Waals surface area contributed by atoms with Crippen LogP contribution in [0, 0.1) is 19.1 Å². The minimum atomic E-state index is -5.18. The fraction of sp³-hybridized carbons (Fsp3) is 0.0588. The van der Waals surface area contributed by atoms with Crippen LogP contribution < -0.4 is 11.5 Å². The van der Waals surface area contributed by atoms with Gasteiger partial charge in [0.05, 0.1) is 39.7 Å². The number of nitrogens with two attached hydrogens (primary N) is 2. The maximum Gasteiger partial charge on any atom is 0.297 e. The third-order valence-corrected chi connectivity index (χ3v) is 12.1. The molecule has 0 aliphatic rings. The maximum atomic E-state index is 13.1. The number of hydrogen-bond donors (Lipinski definition) is 8. The summed E-state index contributed by atoms with van der Waals surface area (Å²) in [5.41, 5.74) is 10.8. The van der Waals surface area contributed by atoms with E-state index in [9.17, 15) is 54.3 Å². The molecule has 6 rings (SSSR count). The van der Waals surface area contributed by atoms with Gasteiger partial charge in [-0.3, -0.25) is 13.7 Å². The molecule has 0 saturated heterocycles. The molecule has 23 nitrogen and oxygen atoms in total. The van der Waals surface area contributed by atoms with E-state index >= 15 is 0 Å². The van der Waals surface area contributed by atoms with E-state index in [4.69, 9.17) is 16.7 Å². The molecule has 0 aliphatic heterocycles. The van der Waals surface area contributed by atoms with E-state index in [-0.39, 0.29) is 60.0 Å². The monoisotopic (exact) mass is 916 g/mol. The van der Waals surface area contributed by atoms with Crippen molar-refractivity contribution >= 4 is 109 Å². The van der Waals surface area contributed by atoms with Crippen molar-refractivity contribution in [2.75, 3.05) is 11.5 Å². The van der Waals surface area contributed by atoms with Gasteiger partial charge in [-0.15, -0.1) is 14.6 Å². The van der Waals surface area contributed by atoms with Crippen LogP contribution in [0.1, 0.15) is 11.1 Å². The van der Waals surface area contributed by atoms with Crippen LogP contribution in [0.2, 0.25) is 0 Å². The summed E-state index contributed by atoms with van der Waals surface area (Å²) < 4.78 is 107. The second kappa shape index (κ2) is 16.6. The summed E-state index contributed by atoms with van der Waals surface area (Å²) >= 11 is 0.317. The number of aryl methyl sites for hydroxylation is 2. The average Bonchev–Trinajstić information content (AvgIpc) is 3.15. The number of nitrogens with zero attached hydrogens (tertiary/aromatic N) is 6. The standard InChI is InChI=1S/C34H28N8O15S4/c1-15-11-17(3-9-25(15)37-39-29-27(58-57-56-46)13-21-19(31(29)43)5-7-23(35)33(21)60(50,51)52)41-42(45)18-4-10-26(16(2)12-18)38-40-30-28(59(47,48)49)14-22-20(32(30)44)6-8-24(36)34(22)61(53,54)55/h3-14,43-44,46H,35-36H2,1-2H3,(H,47,48,49)(H,50,51,52)(H,53,54,55). The lowest BCUT2D eigenvalue weighted by molar-refractivity contribution is -0.435. The maximum absolute atomic E-state index is 13.1. The van der Waals surface area contributed by atoms with Crippen LogP contribution in [-0.2, 0) is 39.7 Å². The van der Waals surface area contributed by atoms with Gasteiger partial charge >= 0.3 is 0 Å². The van der Waals surface area contributed by atoms with Gasteiger partial charge in [0.2, 0.25) is 5.69 Å². The lowest BCUT2D eigenvalue weighted by Gasteiger charge is -2.12. The van der Waals surface area contributed by atoms with Gasteiger partial charge in [-0.1, -0.05) is 9.90 Å². The Morgan fingerprint density at radius 3 is 1.66 bits per heavy atom. The molecule has 0 atom stereocenters. The quantitative estimate of drug-likeness (QED) is 0.0109. The van der Waals surface area contributed by atoms with Crippen LogP contribution in [0.5, 0.6) is 11.5 Å². The minimum absolute atomic E-state index is 0.00479. The fourth-order valence-corrected chi connectivity index (χ4v) is 8.72. The SMILES string of the molecule is Cc1cc(N=[N+]([O-])c2ccc(N=Nc3c(S(=O)(=O)O)cc4c(S(=O)(=O)O)c(N)ccc4c3O)c(C)c2)ccc1N=Nc1c(SOOO)cc2c(S(=O)(=O)O)c(N)ccc2c1O. The van der Waals surface area contributed by atoms with Gasteiger partial charge in [0.1, 0.15) is 31.7 Å². The number of aromatic hydroxyl groups is 2. The number of phenols is 2. The molecule has 0 radical (unpaired) electrons. The fourth-order valence-electron chi connectivity index (χ4n) is 5.96. The number of hydrogen-bond acceptors (Lipinski definition) is 20. The first kappa shape index (κ1) is 44.2. The summed E-state index contributed by atoms with van der Waals surface area (Å²) in [5, 5.41) is 66.4. The van der Waals surface area contributed by atoms with Crippen molar-refractivity contribution < 1.29 is 68.6 Å². The van der Waals surface area contributed by atoms with E-state index in [0.29, 0.717) is 29.2 Å². The number of fused-ring (bicyclic) bond motifs is 2. The summed E-state index contributed by atoms with van der Waals surface area (Å²) in [7, 11) is -15.1. The zero-order valence-electron chi connectivity index (χ0n) is 30.8. The highest BCUT2D eigenvalue weighted by Gasteiger charge is 2.28. The number of rotatable bonds is 12. The second-order valence-corrected chi connectivity index (χ2v) is 17.5. The second-order valence-electron chi connectivity index (χ2n) is 12.7. The largest absolute Gasteiger partial charge is 0.594 e. The van der Waals surface area contributed by atoms with Crippen molar-refractivity contribution in [3.8, 4) is 11.5 Å². The van der Waals surface area contributed by atoms with Gasteiger partial charge < -0.3 is 26.9 Å². The van der Waals surface area contributed by atoms with E-state index in [0.717, 1.165) is 24.3 Å². The van der Waals surface area contributed by atoms with Crippen LogP contribution in [0.15, 0.2) is 118 Å². The number of azo groups is 3. The van der Waals surface area contributed by atoms with Crippen LogP contribution in [0.3, 0.4) is 0 Å². The van der Waals surface area contributed by atoms with E-state index in [2.05, 4.69) is 34.9 Å². The Kier molecular flexibility index (Phi) is 12.0. The summed E-state index contributed by atoms with van der Waals surface area (Å²) in [5.74, 6) is -1.51. The molecule has 0 unspecified atom stereocenters. The molecule has 6 aromatic carbocycles. The van der Waals surface area contributed by atoms with Crippen LogP contribution >= 0.6 is 12.0 Å². The Morgan fingerprint density at radius 2 is 1.15 bits per heavy atom. The first-order valence-electron chi connectivity index (χ1n) is 16.5. The minimum Gasteiger partial charge on any atom is -0.594 e. The van der Waals surface area contributed by atoms with Gasteiger partial charge in [0, 0.05) is 38.8 Å². The molecule has 318 valence electrons. The summed E-state index contributed by atoms with van der Waals surface area (Å²) in [6, 6.07) is 14.7. The number of phenolic OH excluding ortho intramolecular Hbond substituents is 2. The highest BCUT2D eigenvalue weighted by Crippen LogP contribution is 2.47. The van der Waals surface area contributed by atoms with Crippen molar-refractivity contribution in [2.24, 2.45) is 25.6 Å². The van der Waals surface area contributed by atoms with Crippen molar-refractivity contribution in [3.05, 3.63) is 89.1 Å². The molecule has 61 heavy (non-hydrogen) atoms. The van der Waals surface area contributed by atoms with Crippen molar-refractivity contribution in [3.63, 3.8) is 0 Å². The Morgan fingerprint density at radius 1 is 0.639 bits per heavy atom. The Hall–Kier alpha value is -6.40. The molecule has 0 bridgehead atoms. The molecular weight excluding hydrogens is 889 g/mol. The van der Waals surface area contributed by atoms with Gasteiger partial charge in [0.15, 0.2) is 11.5 Å². The predicted molar refractivity (Wildman–Crippen MR) is 216 cm³/mol. The Labute approximate surface area is 347 Å². The first-order chi connectivity index (χ1) is 28.5. The van der Waals surface area contributed by atoms with Crippen LogP contribution in [0.25, 0.3) is 21.5 Å². The third-order valence-electron chi connectivity index (χ3n) is 8.68. The van der Waals surface area contributed by atoms with E-state index < -0.39 is 73.3 Å². The van der Waals surface area contributed by atoms with Gasteiger partial charge in [0.25, 0.3) is 30.4 Å². The number of anilines is 2. The topological polar surface area (TPSA) is 382 Å². The highest BCUT2D eigenvalue weighted by molar-refractivity contribution is 7.94. The molecule has 0 fully saturated rings. The molecule has 27 heteroatoms. The van der Waals surface area contributed by atoms with Crippen molar-refractivity contribution in [2.45, 2.75) is 33.4 Å². The van der Waals surface area contributed by atoms with E-state index in [1.807, 2.05) is 0 Å². The van der Waals surface area contributed by atoms with E-state index in [1.54, 1.807) is 6.92 Å². The Balaban J connectivity index is 1.29. The summed E-state index contributed by atoms with van der Waals surface area (Å²) in [6.07, 6.45) is 0. The molecular formula is C34H28N8O15S4. The zero-order chi connectivity index (χ0) is 44.8. The lowest BCUT2D eigenvalue weighted by Crippen LogP contribution is -2.06. The normalized spacial score (nSPS) is 13.0. The molecule has 0 spiro atoms. The molecule has 0 aromatic heterocycles. The van der Waals surface area contributed by atoms with Gasteiger partial charge in [-0.05, 0) is 85.6 Å². The highest BCUT2D eigenvalue weighted by atomic mass is 32.2. The molecule has 10 N–H and O–H groups in total. The van der Waals surface area contributed by atoms with Crippen molar-refractivity contribution in [1.82, 2.24) is 0 Å². The summed E-state index contributed by atoms with van der Waals surface area (Å²) in [4.78, 5) is -2.50. The van der Waals surface area contributed by atoms with Gasteiger partial charge in [-0.2, -0.15) is 35.5 Å². The van der Waals surface area contributed by atoms with Gasteiger partial charge in [-0.25, -0.2) is 5.26 Å². The van der Waals surface area contributed by atoms with Crippen molar-refractivity contribution in [1.29, 1.82) is 0 Å². The summed E-state index contributed by atoms with van der Waals surface area (Å²) in [6.45, 7) is 3.12. The predicted octanol–water partition coefficient (Wildman–Crippen LogP) is 8.11. The molecule has 0 heterocycles. The first-order valence-corrected chi connectivity index (χ1v) is 21.5. The number of benzene rings is 6. The molecule has 0 aliphatic carbocycles.